The molecule has 254 valence electrons. The minimum absolute atomic E-state index is 0.0123. The lowest BCUT2D eigenvalue weighted by atomic mass is 9.94. The van der Waals surface area contributed by atoms with Crippen molar-refractivity contribution >= 4 is 59.2 Å². The van der Waals surface area contributed by atoms with Gasteiger partial charge in [-0.1, -0.05) is 42.1 Å². The highest BCUT2D eigenvalue weighted by Gasteiger charge is 2.66. The van der Waals surface area contributed by atoms with Gasteiger partial charge in [0.05, 0.1) is 0 Å². The molecule has 6 N–H and O–H groups in total. The van der Waals surface area contributed by atoms with Gasteiger partial charge in [0.1, 0.15) is 17.1 Å². The first kappa shape index (κ1) is 34.3. The number of β-lactam (4-membered cyclic amide) rings is 1. The van der Waals surface area contributed by atoms with Crippen LogP contribution < -0.4 is 27.2 Å². The lowest BCUT2D eigenvalue weighted by molar-refractivity contribution is -0.171. The first-order valence-corrected chi connectivity index (χ1v) is 16.3. The largest absolute Gasteiger partial charge is 0.477 e. The normalized spacial score (nSPS) is 21.4. The van der Waals surface area contributed by atoms with Crippen LogP contribution in [0.1, 0.15) is 18.5 Å². The Morgan fingerprint density at radius 2 is 1.83 bits per heavy atom. The second-order valence-electron chi connectivity index (χ2n) is 10.6. The summed E-state index contributed by atoms with van der Waals surface area (Å²) in [4.78, 5) is 104. The molecule has 1 aromatic heterocycles. The number of carboxylic acid groups (broad SMARTS) is 1. The fourth-order valence-electron chi connectivity index (χ4n) is 5.30. The average molecular weight is 704 g/mol. The third-order valence-corrected chi connectivity index (χ3v) is 10.4. The molecular weight excluding hydrogens is 674 g/mol. The van der Waals surface area contributed by atoms with Crippen molar-refractivity contribution in [3.63, 3.8) is 0 Å². The highest BCUT2D eigenvalue weighted by atomic mass is 32.2. The number of hydrogen-bond donors (Lipinski definition) is 6. The van der Waals surface area contributed by atoms with Crippen LogP contribution >= 0.6 is 23.5 Å². The number of benzene rings is 1. The molecule has 21 heteroatoms. The summed E-state index contributed by atoms with van der Waals surface area (Å²) in [5, 5.41) is 29.9. The minimum atomic E-state index is -2.22. The zero-order chi connectivity index (χ0) is 34.9. The number of carbonyl (C=O) groups excluding carboxylic acids is 5. The summed E-state index contributed by atoms with van der Waals surface area (Å²) in [6.07, 6.45) is 0. The number of hydroxylamine groups is 1. The van der Waals surface area contributed by atoms with Crippen LogP contribution in [-0.2, 0) is 31.0 Å². The van der Waals surface area contributed by atoms with Crippen LogP contribution in [0.25, 0.3) is 0 Å². The van der Waals surface area contributed by atoms with Gasteiger partial charge in [-0.25, -0.2) is 14.7 Å². The van der Waals surface area contributed by atoms with E-state index in [-0.39, 0.29) is 47.4 Å². The molecule has 0 bridgehead atoms. The van der Waals surface area contributed by atoms with Gasteiger partial charge in [-0.05, 0) is 18.1 Å². The van der Waals surface area contributed by atoms with Crippen molar-refractivity contribution in [2.75, 3.05) is 31.1 Å². The van der Waals surface area contributed by atoms with Gasteiger partial charge in [0.15, 0.2) is 5.16 Å². The fraction of sp³-hybridized carbons (Fsp3) is 0.370. The maximum Gasteiger partial charge on any atom is 0.352 e. The van der Waals surface area contributed by atoms with Gasteiger partial charge < -0.3 is 25.8 Å². The molecule has 2 fully saturated rings. The quantitative estimate of drug-likeness (QED) is 0.0503. The third-order valence-electron chi connectivity index (χ3n) is 7.86. The van der Waals surface area contributed by atoms with Gasteiger partial charge in [-0.15, -0.1) is 16.9 Å². The van der Waals surface area contributed by atoms with E-state index >= 15 is 0 Å². The van der Waals surface area contributed by atoms with Crippen molar-refractivity contribution in [2.45, 2.75) is 29.2 Å². The van der Waals surface area contributed by atoms with Crippen molar-refractivity contribution in [3.8, 4) is 0 Å². The number of hydrogen-bond acceptors (Lipinski definition) is 13. The standard InChI is InChI=1S/C27H29N9O10S2/c1-3-34-9-10-35(21(41)20(34)40)25(45)28-15(13-7-5-4-6-8-13)17(37)29-27(32-46)23(44)36-16(22(42)43)14(11-47-24(27)36)12-48-26-31-30-18(38)19(39)33(26)2/h4-8,15,24,32,46H,3,9-12H2,1-2H3,(H,28,45)(H,29,37)(H,30,38)(H,42,43)/t15?,24-,27+/m1/s1. The molecule has 0 spiro atoms. The fourth-order valence-corrected chi connectivity index (χ4v) is 7.77. The van der Waals surface area contributed by atoms with E-state index in [1.807, 2.05) is 5.48 Å². The number of H-pyrrole nitrogens is 1. The maximum absolute atomic E-state index is 13.8. The molecule has 48 heavy (non-hydrogen) atoms. The number of fused-ring (bicyclic) bond motifs is 1. The summed E-state index contributed by atoms with van der Waals surface area (Å²) >= 11 is 1.96. The highest BCUT2D eigenvalue weighted by Crippen LogP contribution is 2.45. The Bertz CT molecular complexity index is 1850. The molecule has 6 amide bonds. The van der Waals surface area contributed by atoms with Gasteiger partial charge in [0.2, 0.25) is 11.6 Å². The number of imide groups is 1. The zero-order valence-electron chi connectivity index (χ0n) is 25.3. The molecule has 2 aromatic rings. The lowest BCUT2D eigenvalue weighted by Crippen LogP contribution is -2.85. The van der Waals surface area contributed by atoms with Crippen molar-refractivity contribution in [2.24, 2.45) is 7.05 Å². The predicted octanol–water partition coefficient (Wildman–Crippen LogP) is -2.25. The zero-order valence-corrected chi connectivity index (χ0v) is 26.9. The van der Waals surface area contributed by atoms with Crippen LogP contribution in [0, 0.1) is 0 Å². The molecule has 2 saturated heterocycles. The molecule has 4 heterocycles. The monoisotopic (exact) mass is 703 g/mol. The number of aromatic nitrogens is 3. The van der Waals surface area contributed by atoms with Crippen LogP contribution in [0.3, 0.4) is 0 Å². The molecule has 5 rings (SSSR count). The summed E-state index contributed by atoms with van der Waals surface area (Å²) in [5.41, 5.74) is -2.11. The first-order valence-electron chi connectivity index (χ1n) is 14.2. The van der Waals surface area contributed by atoms with E-state index in [1.165, 1.54) is 24.1 Å². The van der Waals surface area contributed by atoms with E-state index in [0.717, 1.165) is 33.0 Å². The molecular formula is C27H29N9O10S2. The molecule has 1 unspecified atom stereocenters. The van der Waals surface area contributed by atoms with E-state index < -0.39 is 69.5 Å². The van der Waals surface area contributed by atoms with Gasteiger partial charge in [-0.2, -0.15) is 5.48 Å². The Labute approximate surface area is 278 Å². The third kappa shape index (κ3) is 5.95. The average Bonchev–Trinajstić information content (AvgIpc) is 3.08. The number of rotatable bonds is 10. The number of nitrogens with zero attached hydrogens (tertiary/aromatic N) is 5. The molecule has 3 atom stereocenters. The number of amides is 6. The molecule has 0 radical (unpaired) electrons. The summed E-state index contributed by atoms with van der Waals surface area (Å²) in [6, 6.07) is 5.24. The Hall–Kier alpha value is -4.99. The topological polar surface area (TPSA) is 256 Å². The van der Waals surface area contributed by atoms with Gasteiger partial charge >= 0.3 is 34.9 Å². The number of carbonyl (C=O) groups is 6. The second kappa shape index (κ2) is 13.6. The van der Waals surface area contributed by atoms with E-state index in [4.69, 9.17) is 0 Å². The SMILES string of the molecule is CCN1CCN(C(=O)NC(C(=O)N[C@]2(NO)C(=O)N3C(C(=O)O)=C(CSc4n[nH]c(=O)c(=O)n4C)CS[C@@H]32)c2ccccc2)C(=O)C1=O. The van der Waals surface area contributed by atoms with Crippen molar-refractivity contribution < 1.29 is 39.1 Å². The summed E-state index contributed by atoms with van der Waals surface area (Å²) in [7, 11) is 1.32. The second-order valence-corrected chi connectivity index (χ2v) is 12.6. The van der Waals surface area contributed by atoms with Gasteiger partial charge in [0, 0.05) is 38.2 Å². The molecule has 3 aliphatic rings. The number of aromatic amines is 1. The van der Waals surface area contributed by atoms with Gasteiger partial charge in [-0.3, -0.25) is 43.1 Å². The van der Waals surface area contributed by atoms with Crippen LogP contribution in [-0.4, -0.2) is 118 Å². The molecule has 1 aromatic carbocycles. The number of likely N-dealkylation sites (N-methyl/N-ethyl adjacent to an activating group) is 1. The number of thioether (sulfide) groups is 2. The van der Waals surface area contributed by atoms with E-state index in [1.54, 1.807) is 25.1 Å². The highest BCUT2D eigenvalue weighted by molar-refractivity contribution is 8.01. The van der Waals surface area contributed by atoms with Crippen LogP contribution in [0.2, 0.25) is 0 Å². The van der Waals surface area contributed by atoms with Crippen LogP contribution in [0.4, 0.5) is 4.79 Å². The Kier molecular flexibility index (Phi) is 9.75. The Morgan fingerprint density at radius 1 is 1.12 bits per heavy atom. The van der Waals surface area contributed by atoms with Crippen molar-refractivity contribution in [3.05, 3.63) is 67.9 Å². The molecule has 3 aliphatic heterocycles. The minimum Gasteiger partial charge on any atom is -0.477 e. The number of aliphatic carboxylic acids is 1. The summed E-state index contributed by atoms with van der Waals surface area (Å²) < 4.78 is 0.995. The Morgan fingerprint density at radius 3 is 2.48 bits per heavy atom. The van der Waals surface area contributed by atoms with Crippen LogP contribution in [0.5, 0.6) is 0 Å². The van der Waals surface area contributed by atoms with Crippen LogP contribution in [0.15, 0.2) is 56.3 Å². The van der Waals surface area contributed by atoms with E-state index in [9.17, 15) is 48.7 Å². The smallest absolute Gasteiger partial charge is 0.352 e. The number of piperazine rings is 1. The van der Waals surface area contributed by atoms with Crippen molar-refractivity contribution in [1.82, 2.24) is 45.6 Å². The molecule has 19 nitrogen and oxygen atoms in total. The van der Waals surface area contributed by atoms with E-state index in [2.05, 4.69) is 20.8 Å². The van der Waals surface area contributed by atoms with Gasteiger partial charge in [0.25, 0.3) is 5.91 Å². The molecule has 0 aliphatic carbocycles. The van der Waals surface area contributed by atoms with E-state index in [0.29, 0.717) is 4.90 Å². The first-order chi connectivity index (χ1) is 22.9. The maximum atomic E-state index is 13.8. The number of carboxylic acids is 1. The lowest BCUT2D eigenvalue weighted by Gasteiger charge is -2.56. The summed E-state index contributed by atoms with van der Waals surface area (Å²) in [6.45, 7) is 1.92. The Balaban J connectivity index is 1.37. The number of urea groups is 1. The summed E-state index contributed by atoms with van der Waals surface area (Å²) in [5.74, 6) is -5.48. The van der Waals surface area contributed by atoms with Crippen molar-refractivity contribution in [1.29, 1.82) is 0 Å². The molecule has 0 saturated carbocycles. The number of nitrogens with one attached hydrogen (secondary N) is 4. The predicted molar refractivity (Wildman–Crippen MR) is 166 cm³/mol.